The van der Waals surface area contributed by atoms with Crippen molar-refractivity contribution >= 4 is 21.6 Å². The number of hydrogen-bond acceptors (Lipinski definition) is 6. The Hall–Kier alpha value is -2.36. The monoisotopic (exact) mass is 421 g/mol. The first-order valence-corrected chi connectivity index (χ1v) is 10.9. The molecule has 1 aliphatic rings. The third kappa shape index (κ3) is 4.63. The molecule has 0 bridgehead atoms. The highest BCUT2D eigenvalue weighted by molar-refractivity contribution is 7.89. The maximum absolute atomic E-state index is 13.1. The average Bonchev–Trinajstić information content (AvgIpc) is 3.14. The highest BCUT2D eigenvalue weighted by atomic mass is 32.2. The molecule has 2 aromatic rings. The van der Waals surface area contributed by atoms with Crippen LogP contribution in [0.15, 0.2) is 39.6 Å². The Bertz CT molecular complexity index is 978. The zero-order valence-corrected chi connectivity index (χ0v) is 18.0. The number of nitrogens with one attached hydrogen (secondary N) is 1. The molecule has 1 aliphatic heterocycles. The predicted molar refractivity (Wildman–Crippen MR) is 110 cm³/mol. The second kappa shape index (κ2) is 8.56. The first kappa shape index (κ1) is 21.4. The van der Waals surface area contributed by atoms with Crippen LogP contribution in [-0.4, -0.2) is 59.0 Å². The molecule has 1 fully saturated rings. The van der Waals surface area contributed by atoms with Crippen LogP contribution in [0, 0.1) is 6.92 Å². The predicted octanol–water partition coefficient (Wildman–Crippen LogP) is 2.17. The van der Waals surface area contributed by atoms with E-state index < -0.39 is 10.0 Å². The first-order valence-electron chi connectivity index (χ1n) is 9.46. The smallest absolute Gasteiger partial charge is 0.254 e. The lowest BCUT2D eigenvalue weighted by Crippen LogP contribution is -2.38. The molecule has 1 N–H and O–H groups in total. The number of amides is 1. The minimum atomic E-state index is -3.67. The van der Waals surface area contributed by atoms with Gasteiger partial charge in [-0.2, -0.15) is 0 Å². The van der Waals surface area contributed by atoms with E-state index in [9.17, 15) is 13.2 Å². The fourth-order valence-corrected chi connectivity index (χ4v) is 4.11. The molecular weight excluding hydrogens is 394 g/mol. The van der Waals surface area contributed by atoms with Crippen LogP contribution >= 0.6 is 0 Å². The van der Waals surface area contributed by atoms with E-state index in [0.717, 1.165) is 10.1 Å². The molecule has 0 radical (unpaired) electrons. The van der Waals surface area contributed by atoms with E-state index in [1.807, 2.05) is 30.9 Å². The molecule has 1 aromatic carbocycles. The molecule has 8 nitrogen and oxygen atoms in total. The third-order valence-corrected chi connectivity index (χ3v) is 6.69. The van der Waals surface area contributed by atoms with Crippen LogP contribution in [0.25, 0.3) is 0 Å². The number of ether oxygens (including phenoxy) is 1. The molecule has 2 heterocycles. The summed E-state index contributed by atoms with van der Waals surface area (Å²) in [6.45, 7) is 6.04. The third-order valence-electron chi connectivity index (χ3n) is 4.88. The number of carbonyl (C=O) groups excluding carboxylic acids is 1. The number of rotatable bonds is 6. The summed E-state index contributed by atoms with van der Waals surface area (Å²) in [5, 5.41) is 2.91. The lowest BCUT2D eigenvalue weighted by molar-refractivity contribution is 0.0933. The summed E-state index contributed by atoms with van der Waals surface area (Å²) in [7, 11) is -0.737. The van der Waals surface area contributed by atoms with E-state index in [0.29, 0.717) is 43.3 Å². The Balaban J connectivity index is 1.96. The number of aryl methyl sites for hydroxylation is 1. The molecule has 1 atom stereocenters. The Morgan fingerprint density at radius 2 is 1.86 bits per heavy atom. The molecule has 0 saturated carbocycles. The number of sulfonamides is 1. The number of benzene rings is 1. The highest BCUT2D eigenvalue weighted by Crippen LogP contribution is 2.27. The van der Waals surface area contributed by atoms with Crippen LogP contribution in [0.4, 0.5) is 5.69 Å². The Morgan fingerprint density at radius 3 is 2.45 bits per heavy atom. The highest BCUT2D eigenvalue weighted by Gasteiger charge is 2.25. The molecule has 1 saturated heterocycles. The van der Waals surface area contributed by atoms with Crippen LogP contribution in [0.3, 0.4) is 0 Å². The topological polar surface area (TPSA) is 92.1 Å². The van der Waals surface area contributed by atoms with Crippen molar-refractivity contribution in [1.82, 2.24) is 9.62 Å². The van der Waals surface area contributed by atoms with Gasteiger partial charge in [0.25, 0.3) is 5.91 Å². The minimum absolute atomic E-state index is 0.0751. The summed E-state index contributed by atoms with van der Waals surface area (Å²) in [6.07, 6.45) is 0. The fourth-order valence-electron chi connectivity index (χ4n) is 3.18. The van der Waals surface area contributed by atoms with Gasteiger partial charge >= 0.3 is 0 Å². The van der Waals surface area contributed by atoms with Gasteiger partial charge in [-0.05, 0) is 44.2 Å². The SMILES string of the molecule is Cc1ccc(C(C)NC(=O)c2cc(S(=O)(=O)N(C)C)ccc2N2CCOCC2)o1. The molecule has 0 spiro atoms. The molecule has 1 amide bonds. The van der Waals surface area contributed by atoms with Crippen molar-refractivity contribution in [1.29, 1.82) is 0 Å². The van der Waals surface area contributed by atoms with Crippen molar-refractivity contribution in [3.05, 3.63) is 47.4 Å². The largest absolute Gasteiger partial charge is 0.464 e. The van der Waals surface area contributed by atoms with E-state index in [2.05, 4.69) is 5.32 Å². The Kier molecular flexibility index (Phi) is 6.30. The van der Waals surface area contributed by atoms with Crippen LogP contribution < -0.4 is 10.2 Å². The van der Waals surface area contributed by atoms with Crippen molar-refractivity contribution in [2.45, 2.75) is 24.8 Å². The van der Waals surface area contributed by atoms with Crippen LogP contribution in [0.1, 0.15) is 34.8 Å². The molecule has 29 heavy (non-hydrogen) atoms. The standard InChI is InChI=1S/C20H27N3O5S/c1-14-5-8-19(28-14)15(2)21-20(24)17-13-16(29(25,26)22(3)4)6-7-18(17)23-9-11-27-12-10-23/h5-8,13,15H,9-12H2,1-4H3,(H,21,24). The summed E-state index contributed by atoms with van der Waals surface area (Å²) in [5.41, 5.74) is 0.997. The van der Waals surface area contributed by atoms with Crippen molar-refractivity contribution in [2.75, 3.05) is 45.3 Å². The minimum Gasteiger partial charge on any atom is -0.464 e. The zero-order chi connectivity index (χ0) is 21.2. The second-order valence-corrected chi connectivity index (χ2v) is 9.36. The van der Waals surface area contributed by atoms with Gasteiger partial charge in [0.15, 0.2) is 0 Å². The Labute approximate surface area is 171 Å². The summed E-state index contributed by atoms with van der Waals surface area (Å²) in [5.74, 6) is 1.04. The van der Waals surface area contributed by atoms with Crippen LogP contribution in [-0.2, 0) is 14.8 Å². The van der Waals surface area contributed by atoms with Gasteiger partial charge < -0.3 is 19.4 Å². The number of carbonyl (C=O) groups is 1. The maximum atomic E-state index is 13.1. The zero-order valence-electron chi connectivity index (χ0n) is 17.1. The van der Waals surface area contributed by atoms with Gasteiger partial charge in [0.05, 0.1) is 29.7 Å². The number of hydrogen-bond donors (Lipinski definition) is 1. The molecular formula is C20H27N3O5S. The first-order chi connectivity index (χ1) is 13.7. The molecule has 3 rings (SSSR count). The van der Waals surface area contributed by atoms with Gasteiger partial charge in [0.1, 0.15) is 11.5 Å². The average molecular weight is 422 g/mol. The number of anilines is 1. The van der Waals surface area contributed by atoms with E-state index in [1.54, 1.807) is 6.07 Å². The van der Waals surface area contributed by atoms with Gasteiger partial charge in [-0.25, -0.2) is 12.7 Å². The Morgan fingerprint density at radius 1 is 1.17 bits per heavy atom. The van der Waals surface area contributed by atoms with Crippen molar-refractivity contribution in [3.63, 3.8) is 0 Å². The lowest BCUT2D eigenvalue weighted by Gasteiger charge is -2.31. The van der Waals surface area contributed by atoms with Gasteiger partial charge in [-0.15, -0.1) is 0 Å². The van der Waals surface area contributed by atoms with Gasteiger partial charge in [-0.3, -0.25) is 4.79 Å². The normalized spacial score (nSPS) is 16.1. The summed E-state index contributed by atoms with van der Waals surface area (Å²) in [6, 6.07) is 7.96. The number of nitrogens with zero attached hydrogens (tertiary/aromatic N) is 2. The molecule has 9 heteroatoms. The molecule has 1 unspecified atom stereocenters. The number of morpholine rings is 1. The quantitative estimate of drug-likeness (QED) is 0.769. The second-order valence-electron chi connectivity index (χ2n) is 7.21. The van der Waals surface area contributed by atoms with Gasteiger partial charge in [-0.1, -0.05) is 0 Å². The van der Waals surface area contributed by atoms with Gasteiger partial charge in [0, 0.05) is 32.9 Å². The fraction of sp³-hybridized carbons (Fsp3) is 0.450. The summed E-state index contributed by atoms with van der Waals surface area (Å²) < 4.78 is 37.3. The maximum Gasteiger partial charge on any atom is 0.254 e. The van der Waals surface area contributed by atoms with E-state index in [-0.39, 0.29) is 16.8 Å². The van der Waals surface area contributed by atoms with Gasteiger partial charge in [0.2, 0.25) is 10.0 Å². The summed E-state index contributed by atoms with van der Waals surface area (Å²) >= 11 is 0. The van der Waals surface area contributed by atoms with Crippen LogP contribution in [0.2, 0.25) is 0 Å². The summed E-state index contributed by atoms with van der Waals surface area (Å²) in [4.78, 5) is 15.2. The van der Waals surface area contributed by atoms with E-state index in [4.69, 9.17) is 9.15 Å². The van der Waals surface area contributed by atoms with E-state index >= 15 is 0 Å². The van der Waals surface area contributed by atoms with Crippen molar-refractivity contribution < 1.29 is 22.4 Å². The molecule has 1 aromatic heterocycles. The van der Waals surface area contributed by atoms with Crippen molar-refractivity contribution in [2.24, 2.45) is 0 Å². The molecule has 158 valence electrons. The van der Waals surface area contributed by atoms with E-state index in [1.165, 1.54) is 26.2 Å². The molecule has 0 aliphatic carbocycles. The number of furan rings is 1. The van der Waals surface area contributed by atoms with Crippen LogP contribution in [0.5, 0.6) is 0 Å². The van der Waals surface area contributed by atoms with Crippen molar-refractivity contribution in [3.8, 4) is 0 Å². The lowest BCUT2D eigenvalue weighted by atomic mass is 10.1.